The van der Waals surface area contributed by atoms with Crippen molar-refractivity contribution in [3.05, 3.63) is 34.5 Å². The molecule has 2 atom stereocenters. The van der Waals surface area contributed by atoms with E-state index in [1.165, 1.54) is 9.47 Å². The third-order valence-electron chi connectivity index (χ3n) is 5.28. The van der Waals surface area contributed by atoms with Crippen molar-refractivity contribution in [2.75, 3.05) is 13.2 Å². The van der Waals surface area contributed by atoms with Crippen molar-refractivity contribution in [3.8, 4) is 0 Å². The van der Waals surface area contributed by atoms with E-state index >= 15 is 0 Å². The van der Waals surface area contributed by atoms with E-state index in [1.54, 1.807) is 59.7 Å². The molecule has 9 heteroatoms. The zero-order valence-electron chi connectivity index (χ0n) is 20.0. The van der Waals surface area contributed by atoms with Gasteiger partial charge in [-0.25, -0.2) is 14.2 Å². The van der Waals surface area contributed by atoms with Gasteiger partial charge in [-0.3, -0.25) is 4.90 Å². The fourth-order valence-corrected chi connectivity index (χ4v) is 4.28. The second-order valence-electron chi connectivity index (χ2n) is 10.4. The Morgan fingerprint density at radius 1 is 1.12 bits per heavy atom. The fraction of sp³-hybridized carbons (Fsp3) is 0.583. The maximum absolute atomic E-state index is 13.4. The van der Waals surface area contributed by atoms with Crippen LogP contribution in [0.3, 0.4) is 0 Å². The third kappa shape index (κ3) is 5.62. The molecule has 2 N–H and O–H groups in total. The Kier molecular flexibility index (Phi) is 7.03. The monoisotopic (exact) mass is 480 g/mol. The average Bonchev–Trinajstić information content (AvgIpc) is 2.99. The summed E-state index contributed by atoms with van der Waals surface area (Å²) in [6, 6.07) is 4.51. The molecule has 8 nitrogen and oxygen atoms in total. The van der Waals surface area contributed by atoms with E-state index in [2.05, 4.69) is 0 Å². The van der Waals surface area contributed by atoms with Crippen molar-refractivity contribution in [1.82, 2.24) is 9.47 Å². The lowest BCUT2D eigenvalue weighted by Crippen LogP contribution is -2.45. The van der Waals surface area contributed by atoms with Gasteiger partial charge in [-0.2, -0.15) is 0 Å². The number of aliphatic hydroxyl groups is 2. The first-order chi connectivity index (χ1) is 15.2. The van der Waals surface area contributed by atoms with Gasteiger partial charge in [0.1, 0.15) is 11.2 Å². The molecule has 1 aromatic carbocycles. The van der Waals surface area contributed by atoms with Crippen molar-refractivity contribution in [2.24, 2.45) is 0 Å². The number of halogens is 1. The van der Waals surface area contributed by atoms with Crippen LogP contribution < -0.4 is 0 Å². The molecule has 1 amide bonds. The van der Waals surface area contributed by atoms with Crippen molar-refractivity contribution < 1.29 is 29.3 Å². The van der Waals surface area contributed by atoms with Crippen LogP contribution in [0.25, 0.3) is 10.9 Å². The van der Waals surface area contributed by atoms with E-state index in [9.17, 15) is 19.8 Å². The summed E-state index contributed by atoms with van der Waals surface area (Å²) >= 11 is 6.27. The van der Waals surface area contributed by atoms with Crippen molar-refractivity contribution in [1.29, 1.82) is 0 Å². The predicted molar refractivity (Wildman–Crippen MR) is 126 cm³/mol. The molecule has 0 fully saturated rings. The number of nitrogens with zero attached hydrogens (tertiary/aromatic N) is 2. The van der Waals surface area contributed by atoms with E-state index in [1.807, 2.05) is 0 Å². The summed E-state index contributed by atoms with van der Waals surface area (Å²) in [5.41, 5.74) is 0.530. The molecular formula is C24H33ClN2O6. The number of amides is 1. The molecule has 0 saturated carbocycles. The van der Waals surface area contributed by atoms with Gasteiger partial charge in [-0.1, -0.05) is 11.6 Å². The molecule has 0 unspecified atom stereocenters. The van der Waals surface area contributed by atoms with Crippen LogP contribution in [-0.2, 0) is 15.9 Å². The molecule has 1 aliphatic rings. The lowest BCUT2D eigenvalue weighted by Gasteiger charge is -2.38. The summed E-state index contributed by atoms with van der Waals surface area (Å²) in [4.78, 5) is 28.0. The molecule has 0 bridgehead atoms. The van der Waals surface area contributed by atoms with Crippen LogP contribution in [-0.4, -0.2) is 62.3 Å². The van der Waals surface area contributed by atoms with Gasteiger partial charge in [0.15, 0.2) is 0 Å². The van der Waals surface area contributed by atoms with Gasteiger partial charge >= 0.3 is 12.2 Å². The molecule has 0 saturated heterocycles. The molecule has 0 spiro atoms. The molecule has 182 valence electrons. The van der Waals surface area contributed by atoms with Gasteiger partial charge in [0.2, 0.25) is 0 Å². The van der Waals surface area contributed by atoms with E-state index in [0.29, 0.717) is 29.2 Å². The molecule has 1 aromatic heterocycles. The van der Waals surface area contributed by atoms with Crippen LogP contribution in [0.4, 0.5) is 9.59 Å². The average molecular weight is 481 g/mol. The Hall–Kier alpha value is -2.29. The van der Waals surface area contributed by atoms with Crippen molar-refractivity contribution in [2.45, 2.75) is 77.7 Å². The summed E-state index contributed by atoms with van der Waals surface area (Å²) in [5.74, 6) is 0. The van der Waals surface area contributed by atoms with Crippen LogP contribution in [0.2, 0.25) is 5.02 Å². The second kappa shape index (κ2) is 9.16. The van der Waals surface area contributed by atoms with E-state index in [-0.39, 0.29) is 6.42 Å². The molecule has 0 radical (unpaired) electrons. The maximum atomic E-state index is 13.4. The topological polar surface area (TPSA) is 101 Å². The highest BCUT2D eigenvalue weighted by atomic mass is 35.5. The molecule has 3 rings (SSSR count). The van der Waals surface area contributed by atoms with Crippen LogP contribution in [0.1, 0.15) is 65.3 Å². The molecule has 0 aliphatic carbocycles. The van der Waals surface area contributed by atoms with Gasteiger partial charge < -0.3 is 19.7 Å². The Balaban J connectivity index is 2.22. The highest BCUT2D eigenvalue weighted by Crippen LogP contribution is 2.41. The SMILES string of the molecule is CC(C)(C)OC(=O)N1CCc2c(n(C(=O)OC(C)(C)C)c3ccc(Cl)cc23)[C@@H]1C[C@@H](O)CO. The minimum absolute atomic E-state index is 0.0234. The number of benzene rings is 1. The number of hydrogen-bond donors (Lipinski definition) is 2. The number of ether oxygens (including phenoxy) is 2. The van der Waals surface area contributed by atoms with Crippen LogP contribution in [0.5, 0.6) is 0 Å². The minimum Gasteiger partial charge on any atom is -0.444 e. The Bertz CT molecular complexity index is 1050. The van der Waals surface area contributed by atoms with Gasteiger partial charge in [0.25, 0.3) is 0 Å². The minimum atomic E-state index is -1.10. The van der Waals surface area contributed by atoms with Crippen LogP contribution >= 0.6 is 11.6 Å². The standard InChI is InChI=1S/C24H33ClN2O6/c1-23(2,3)32-21(30)26-10-9-16-17-11-14(25)7-8-18(17)27(22(31)33-24(4,5)6)20(16)19(26)12-15(29)13-28/h7-8,11,15,19,28-29H,9-10,12-13H2,1-6H3/t15-,19+/m1/s1. The highest BCUT2D eigenvalue weighted by molar-refractivity contribution is 6.31. The molecule has 33 heavy (non-hydrogen) atoms. The molecule has 2 aromatic rings. The highest BCUT2D eigenvalue weighted by Gasteiger charge is 2.40. The fourth-order valence-electron chi connectivity index (χ4n) is 4.11. The Morgan fingerprint density at radius 2 is 1.73 bits per heavy atom. The summed E-state index contributed by atoms with van der Waals surface area (Å²) in [7, 11) is 0. The second-order valence-corrected chi connectivity index (χ2v) is 10.8. The van der Waals surface area contributed by atoms with Gasteiger partial charge in [0.05, 0.1) is 30.0 Å². The van der Waals surface area contributed by atoms with Crippen molar-refractivity contribution in [3.63, 3.8) is 0 Å². The zero-order chi connectivity index (χ0) is 24.7. The summed E-state index contributed by atoms with van der Waals surface area (Å²) in [5, 5.41) is 21.2. The number of carbonyl (C=O) groups excluding carboxylic acids is 2. The first-order valence-electron chi connectivity index (χ1n) is 11.1. The smallest absolute Gasteiger partial charge is 0.419 e. The first-order valence-corrected chi connectivity index (χ1v) is 11.4. The van der Waals surface area contributed by atoms with Crippen molar-refractivity contribution >= 4 is 34.7 Å². The lowest BCUT2D eigenvalue weighted by molar-refractivity contribution is 0.00104. The zero-order valence-corrected chi connectivity index (χ0v) is 20.8. The van der Waals surface area contributed by atoms with E-state index in [4.69, 9.17) is 21.1 Å². The first kappa shape index (κ1) is 25.3. The molecule has 2 heterocycles. The number of aromatic nitrogens is 1. The van der Waals surface area contributed by atoms with E-state index in [0.717, 1.165) is 10.9 Å². The summed E-state index contributed by atoms with van der Waals surface area (Å²) < 4.78 is 12.8. The van der Waals surface area contributed by atoms with Crippen LogP contribution in [0, 0.1) is 0 Å². The Morgan fingerprint density at radius 3 is 2.30 bits per heavy atom. The van der Waals surface area contributed by atoms with Gasteiger partial charge in [-0.15, -0.1) is 0 Å². The maximum Gasteiger partial charge on any atom is 0.419 e. The summed E-state index contributed by atoms with van der Waals surface area (Å²) in [6.45, 7) is 10.5. The van der Waals surface area contributed by atoms with Gasteiger partial charge in [-0.05, 0) is 71.7 Å². The predicted octanol–water partition coefficient (Wildman–Crippen LogP) is 4.66. The third-order valence-corrected chi connectivity index (χ3v) is 5.51. The molecular weight excluding hydrogens is 448 g/mol. The van der Waals surface area contributed by atoms with Crippen LogP contribution in [0.15, 0.2) is 18.2 Å². The number of carbonyl (C=O) groups is 2. The quantitative estimate of drug-likeness (QED) is 0.662. The molecule has 1 aliphatic heterocycles. The lowest BCUT2D eigenvalue weighted by atomic mass is 9.94. The van der Waals surface area contributed by atoms with Gasteiger partial charge in [0, 0.05) is 23.4 Å². The largest absolute Gasteiger partial charge is 0.444 e. The number of fused-ring (bicyclic) bond motifs is 3. The number of rotatable bonds is 3. The van der Waals surface area contributed by atoms with E-state index < -0.39 is 42.1 Å². The number of hydrogen-bond acceptors (Lipinski definition) is 6. The Labute approximate surface area is 199 Å². The normalized spacial score (nSPS) is 17.6. The summed E-state index contributed by atoms with van der Waals surface area (Å²) in [6.07, 6.45) is -1.75. The number of aliphatic hydroxyl groups excluding tert-OH is 2.